The Bertz CT molecular complexity index is 8.00. The topological polar surface area (TPSA) is 0 Å². The average Bonchev–Trinajstić information content (AvgIpc) is 1.37. The van der Waals surface area contributed by atoms with E-state index >= 15 is 0 Å². The Labute approximate surface area is 32.8 Å². The molecule has 0 unspecified atom stereocenters. The third-order valence-electron chi connectivity index (χ3n) is 0.0630. The molecule has 0 nitrogen and oxygen atoms in total. The second-order valence-electron chi connectivity index (χ2n) is 0.230. The molecule has 0 atom stereocenters. The lowest BCUT2D eigenvalue weighted by molar-refractivity contribution is 0.954. The van der Waals surface area contributed by atoms with E-state index in [9.17, 15) is 3.89 Å². The lowest BCUT2D eigenvalue weighted by atomic mass is 12.0. The first kappa shape index (κ1) is 4.63. The molecule has 0 aliphatic heterocycles. The number of hydrogen-bond donors (Lipinski definition) is 0. The van der Waals surface area contributed by atoms with E-state index in [0.717, 1.165) is 10.8 Å². The van der Waals surface area contributed by atoms with Crippen LogP contribution in [0.3, 0.4) is 0 Å². The molecule has 3 heteroatoms. The average molecular weight is 98.2 g/mol. The molecule has 26 valence electrons. The van der Waals surface area contributed by atoms with Gasteiger partial charge in [0.1, 0.15) is 11.2 Å². The smallest absolute Gasteiger partial charge is 0.114 e. The fourth-order valence-corrected chi connectivity index (χ4v) is 0. The molecule has 0 fully saturated rings. The quantitative estimate of drug-likeness (QED) is 0.459. The summed E-state index contributed by atoms with van der Waals surface area (Å²) >= 11 is 0.273. The zero-order valence-electron chi connectivity index (χ0n) is 2.19. The highest BCUT2D eigenvalue weighted by atomic mass is 33.1. The van der Waals surface area contributed by atoms with Gasteiger partial charge in [0, 0.05) is 0 Å². The Hall–Kier alpha value is 0.630. The molecule has 0 aliphatic carbocycles. The van der Waals surface area contributed by atoms with Crippen molar-refractivity contribution in [2.24, 2.45) is 0 Å². The van der Waals surface area contributed by atoms with Gasteiger partial charge >= 0.3 is 0 Å². The highest BCUT2D eigenvalue weighted by molar-refractivity contribution is 8.74. The Kier molecular flexibility index (Phi) is 4.20. The number of hydrogen-bond acceptors (Lipinski definition) is 2. The van der Waals surface area contributed by atoms with Crippen LogP contribution in [0.15, 0.2) is 0 Å². The lowest BCUT2D eigenvalue weighted by Gasteiger charge is -1.62. The van der Waals surface area contributed by atoms with Gasteiger partial charge in [-0.3, -0.25) is 0 Å². The number of halogens is 1. The Morgan fingerprint density at radius 3 is 2.00 bits per heavy atom. The molecule has 0 saturated heterocycles. The highest BCUT2D eigenvalue weighted by Crippen LogP contribution is 2.15. The van der Waals surface area contributed by atoms with Gasteiger partial charge in [-0.15, -0.1) is 0 Å². The van der Waals surface area contributed by atoms with Gasteiger partial charge in [-0.2, -0.15) is 3.89 Å². The van der Waals surface area contributed by atoms with E-state index in [4.69, 9.17) is 0 Å². The minimum atomic E-state index is 0.273. The Morgan fingerprint density at radius 1 is 1.75 bits per heavy atom. The molecule has 0 aromatic heterocycles. The van der Waals surface area contributed by atoms with Crippen molar-refractivity contribution in [2.75, 3.05) is 6.26 Å². The van der Waals surface area contributed by atoms with Crippen LogP contribution in [0.2, 0.25) is 0 Å². The Morgan fingerprint density at radius 2 is 2.00 bits per heavy atom. The molecule has 0 bridgehead atoms. The van der Waals surface area contributed by atoms with Gasteiger partial charge in [0.25, 0.3) is 0 Å². The van der Waals surface area contributed by atoms with E-state index < -0.39 is 0 Å². The summed E-state index contributed by atoms with van der Waals surface area (Å²) in [5.41, 5.74) is 0. The van der Waals surface area contributed by atoms with E-state index in [0.29, 0.717) is 0 Å². The van der Waals surface area contributed by atoms with Gasteiger partial charge in [-0.05, 0) is 6.26 Å². The van der Waals surface area contributed by atoms with E-state index in [1.54, 1.807) is 6.26 Å². The molecular weight excluding hydrogens is 95.1 g/mol. The molecule has 0 aromatic rings. The second kappa shape index (κ2) is 3.63. The van der Waals surface area contributed by atoms with Gasteiger partial charge in [-0.1, -0.05) is 10.8 Å². The third kappa shape index (κ3) is 2.63. The molecule has 0 saturated carbocycles. The van der Waals surface area contributed by atoms with Crippen molar-refractivity contribution in [3.05, 3.63) is 0 Å². The fourth-order valence-electron chi connectivity index (χ4n) is 0. The van der Waals surface area contributed by atoms with E-state index in [-0.39, 0.29) is 11.2 Å². The summed E-state index contributed by atoms with van der Waals surface area (Å²) in [5.74, 6) is 0. The van der Waals surface area contributed by atoms with Crippen molar-refractivity contribution in [1.82, 2.24) is 0 Å². The van der Waals surface area contributed by atoms with Crippen molar-refractivity contribution in [3.63, 3.8) is 0 Å². The van der Waals surface area contributed by atoms with Crippen LogP contribution in [0, 0.1) is 0 Å². The van der Waals surface area contributed by atoms with Crippen molar-refractivity contribution in [2.45, 2.75) is 0 Å². The second-order valence-corrected chi connectivity index (χ2v) is 2.07. The zero-order valence-corrected chi connectivity index (χ0v) is 3.83. The molecule has 0 N–H and O–H groups in total. The largest absolute Gasteiger partial charge is 0.153 e. The van der Waals surface area contributed by atoms with E-state index in [2.05, 4.69) is 0 Å². The number of rotatable bonds is 1. The van der Waals surface area contributed by atoms with Crippen molar-refractivity contribution >= 4 is 22.0 Å². The highest BCUT2D eigenvalue weighted by Gasteiger charge is 1.62. The Balaban J connectivity index is 1.97. The van der Waals surface area contributed by atoms with Gasteiger partial charge in [0.05, 0.1) is 0 Å². The summed E-state index contributed by atoms with van der Waals surface area (Å²) in [6, 6.07) is 0. The molecule has 0 aliphatic rings. The van der Waals surface area contributed by atoms with Crippen LogP contribution in [0.4, 0.5) is 3.89 Å². The maximum atomic E-state index is 10.6. The summed E-state index contributed by atoms with van der Waals surface area (Å²) in [6.45, 7) is 0. The third-order valence-corrected chi connectivity index (χ3v) is 0.567. The standard InChI is InChI=1S/CH3FS2/c1-3-4-2/h1H3. The summed E-state index contributed by atoms with van der Waals surface area (Å²) < 4.78 is 10.6. The van der Waals surface area contributed by atoms with Gasteiger partial charge < -0.3 is 0 Å². The van der Waals surface area contributed by atoms with Crippen LogP contribution in [0.5, 0.6) is 0 Å². The van der Waals surface area contributed by atoms with Crippen LogP contribution in [-0.2, 0) is 0 Å². The first-order valence-corrected chi connectivity index (χ1v) is 3.19. The van der Waals surface area contributed by atoms with Gasteiger partial charge in [-0.25, -0.2) is 0 Å². The summed E-state index contributed by atoms with van der Waals surface area (Å²) in [7, 11) is 1.11. The maximum absolute atomic E-state index is 10.6. The van der Waals surface area contributed by atoms with Gasteiger partial charge in [0.15, 0.2) is 0 Å². The first-order valence-electron chi connectivity index (χ1n) is 0.729. The predicted molar refractivity (Wildman–Crippen MR) is 22.2 cm³/mol. The minimum absolute atomic E-state index is 0.273. The zero-order chi connectivity index (χ0) is 3.41. The summed E-state index contributed by atoms with van der Waals surface area (Å²) in [6.07, 6.45) is 1.69. The van der Waals surface area contributed by atoms with Crippen LogP contribution >= 0.6 is 22.0 Å². The molecule has 0 radical (unpaired) electrons. The molecule has 0 heterocycles. The monoisotopic (exact) mass is 98.0 g/mol. The van der Waals surface area contributed by atoms with Gasteiger partial charge in [0.2, 0.25) is 0 Å². The van der Waals surface area contributed by atoms with Crippen LogP contribution in [-0.4, -0.2) is 6.26 Å². The lowest BCUT2D eigenvalue weighted by Crippen LogP contribution is -1.19. The van der Waals surface area contributed by atoms with Crippen molar-refractivity contribution in [3.8, 4) is 0 Å². The summed E-state index contributed by atoms with van der Waals surface area (Å²) in [5, 5.41) is 0. The van der Waals surface area contributed by atoms with Crippen LogP contribution in [0.25, 0.3) is 0 Å². The molecular formula is CH3FS2. The van der Waals surface area contributed by atoms with Crippen molar-refractivity contribution in [1.29, 1.82) is 0 Å². The normalized spacial score (nSPS) is 7.50. The molecule has 0 spiro atoms. The fraction of sp³-hybridized carbons (Fsp3) is 1.00. The molecule has 0 amide bonds. The molecule has 4 heavy (non-hydrogen) atoms. The minimum Gasteiger partial charge on any atom is -0.153 e. The molecule has 0 rings (SSSR count). The predicted octanol–water partition coefficient (Wildman–Crippen LogP) is 1.88. The van der Waals surface area contributed by atoms with Crippen LogP contribution < -0.4 is 0 Å². The van der Waals surface area contributed by atoms with Crippen molar-refractivity contribution < 1.29 is 3.89 Å². The molecule has 0 aromatic carbocycles. The summed E-state index contributed by atoms with van der Waals surface area (Å²) in [4.78, 5) is 0. The SMILES string of the molecule is CSSF. The van der Waals surface area contributed by atoms with E-state index in [1.165, 1.54) is 0 Å². The van der Waals surface area contributed by atoms with E-state index in [1.807, 2.05) is 0 Å². The van der Waals surface area contributed by atoms with Crippen LogP contribution in [0.1, 0.15) is 0 Å². The first-order chi connectivity index (χ1) is 1.91. The maximum Gasteiger partial charge on any atom is 0.114 e.